The van der Waals surface area contributed by atoms with Crippen LogP contribution in [0.1, 0.15) is 31.2 Å². The molecule has 7 heteroatoms. The summed E-state index contributed by atoms with van der Waals surface area (Å²) in [5.41, 5.74) is 1.52. The van der Waals surface area contributed by atoms with Gasteiger partial charge in [0.15, 0.2) is 5.96 Å². The SMILES string of the molecule is CN=C(NCCCCNc1ccccn1)NCC1(c2cccc(Cl)c2)CC1.I. The predicted molar refractivity (Wildman–Crippen MR) is 129 cm³/mol. The van der Waals surface area contributed by atoms with E-state index < -0.39 is 0 Å². The highest BCUT2D eigenvalue weighted by Crippen LogP contribution is 2.48. The summed E-state index contributed by atoms with van der Waals surface area (Å²) in [5, 5.41) is 11.0. The van der Waals surface area contributed by atoms with Crippen molar-refractivity contribution in [2.75, 3.05) is 32.0 Å². The number of unbranched alkanes of at least 4 members (excludes halogenated alkanes) is 1. The van der Waals surface area contributed by atoms with E-state index in [4.69, 9.17) is 11.6 Å². The molecule has 3 rings (SSSR count). The summed E-state index contributed by atoms with van der Waals surface area (Å²) in [6, 6.07) is 14.1. The van der Waals surface area contributed by atoms with E-state index in [1.54, 1.807) is 6.20 Å². The third kappa shape index (κ3) is 6.81. The fraction of sp³-hybridized carbons (Fsp3) is 0.429. The molecule has 152 valence electrons. The van der Waals surface area contributed by atoms with E-state index >= 15 is 0 Å². The number of nitrogens with one attached hydrogen (secondary N) is 3. The molecule has 0 amide bonds. The minimum atomic E-state index is 0. The van der Waals surface area contributed by atoms with Crippen LogP contribution in [0.2, 0.25) is 5.02 Å². The van der Waals surface area contributed by atoms with Gasteiger partial charge in [0.2, 0.25) is 0 Å². The second kappa shape index (κ2) is 11.5. The van der Waals surface area contributed by atoms with Crippen LogP contribution in [0.4, 0.5) is 5.82 Å². The Balaban J connectivity index is 0.00000280. The molecule has 1 aromatic carbocycles. The highest BCUT2D eigenvalue weighted by molar-refractivity contribution is 14.0. The summed E-state index contributed by atoms with van der Waals surface area (Å²) in [6.45, 7) is 2.70. The van der Waals surface area contributed by atoms with Crippen molar-refractivity contribution in [3.63, 3.8) is 0 Å². The molecule has 3 N–H and O–H groups in total. The average molecular weight is 514 g/mol. The first-order valence-electron chi connectivity index (χ1n) is 9.57. The monoisotopic (exact) mass is 513 g/mol. The van der Waals surface area contributed by atoms with E-state index in [0.29, 0.717) is 0 Å². The van der Waals surface area contributed by atoms with Crippen molar-refractivity contribution in [2.45, 2.75) is 31.1 Å². The quantitative estimate of drug-likeness (QED) is 0.201. The maximum absolute atomic E-state index is 6.15. The van der Waals surface area contributed by atoms with E-state index in [-0.39, 0.29) is 29.4 Å². The standard InChI is InChI=1S/C21H28ClN5.HI/c1-23-20(26-14-5-4-13-25-19-9-2-3-12-24-19)27-16-21(10-11-21)17-7-6-8-18(22)15-17;/h2-3,6-9,12,15H,4-5,10-11,13-14,16H2,1H3,(H,24,25)(H2,23,26,27);1H. The van der Waals surface area contributed by atoms with Gasteiger partial charge in [-0.25, -0.2) is 4.98 Å². The van der Waals surface area contributed by atoms with Gasteiger partial charge in [-0.3, -0.25) is 4.99 Å². The van der Waals surface area contributed by atoms with Gasteiger partial charge in [-0.1, -0.05) is 29.8 Å². The summed E-state index contributed by atoms with van der Waals surface area (Å²) < 4.78 is 0. The number of nitrogens with zero attached hydrogens (tertiary/aromatic N) is 2. The van der Waals surface area contributed by atoms with Gasteiger partial charge in [0.1, 0.15) is 5.82 Å². The van der Waals surface area contributed by atoms with Crippen LogP contribution in [-0.2, 0) is 5.41 Å². The fourth-order valence-electron chi connectivity index (χ4n) is 3.15. The number of halogens is 2. The van der Waals surface area contributed by atoms with Crippen molar-refractivity contribution in [1.82, 2.24) is 15.6 Å². The number of rotatable bonds is 9. The Morgan fingerprint density at radius 1 is 1.11 bits per heavy atom. The second-order valence-corrected chi connectivity index (χ2v) is 7.43. The smallest absolute Gasteiger partial charge is 0.191 e. The first kappa shape index (κ1) is 22.7. The number of aromatic nitrogens is 1. The van der Waals surface area contributed by atoms with Crippen molar-refractivity contribution in [2.24, 2.45) is 4.99 Å². The molecule has 0 aliphatic heterocycles. The zero-order valence-electron chi connectivity index (χ0n) is 16.2. The minimum Gasteiger partial charge on any atom is -0.370 e. The summed E-state index contributed by atoms with van der Waals surface area (Å²) in [7, 11) is 1.82. The van der Waals surface area contributed by atoms with E-state index in [9.17, 15) is 0 Å². The minimum absolute atomic E-state index is 0. The average Bonchev–Trinajstić information content (AvgIpc) is 3.49. The van der Waals surface area contributed by atoms with Crippen LogP contribution in [0.15, 0.2) is 53.7 Å². The highest BCUT2D eigenvalue weighted by atomic mass is 127. The lowest BCUT2D eigenvalue weighted by Gasteiger charge is -2.19. The van der Waals surface area contributed by atoms with Gasteiger partial charge in [-0.15, -0.1) is 24.0 Å². The maximum Gasteiger partial charge on any atom is 0.191 e. The Kier molecular flexibility index (Phi) is 9.31. The number of hydrogen-bond acceptors (Lipinski definition) is 3. The largest absolute Gasteiger partial charge is 0.370 e. The Labute approximate surface area is 189 Å². The summed E-state index contributed by atoms with van der Waals surface area (Å²) in [6.07, 6.45) is 6.33. The third-order valence-corrected chi connectivity index (χ3v) is 5.21. The van der Waals surface area contributed by atoms with Gasteiger partial charge in [-0.05, 0) is 55.5 Å². The molecule has 1 saturated carbocycles. The lowest BCUT2D eigenvalue weighted by Crippen LogP contribution is -2.41. The molecule has 1 aliphatic rings. The van der Waals surface area contributed by atoms with Crippen molar-refractivity contribution in [1.29, 1.82) is 0 Å². The molecular formula is C21H29ClIN5. The van der Waals surface area contributed by atoms with Crippen LogP contribution in [0.3, 0.4) is 0 Å². The third-order valence-electron chi connectivity index (χ3n) is 4.98. The van der Waals surface area contributed by atoms with Crippen molar-refractivity contribution in [3.05, 3.63) is 59.2 Å². The van der Waals surface area contributed by atoms with Gasteiger partial charge in [-0.2, -0.15) is 0 Å². The Bertz CT molecular complexity index is 749. The van der Waals surface area contributed by atoms with E-state index in [1.807, 2.05) is 37.4 Å². The number of hydrogen-bond donors (Lipinski definition) is 3. The highest BCUT2D eigenvalue weighted by Gasteiger charge is 2.44. The summed E-state index contributed by atoms with van der Waals surface area (Å²) in [4.78, 5) is 8.60. The topological polar surface area (TPSA) is 61.3 Å². The first-order valence-corrected chi connectivity index (χ1v) is 9.95. The molecule has 0 saturated heterocycles. The number of guanidine groups is 1. The number of benzene rings is 1. The zero-order chi connectivity index (χ0) is 19.0. The van der Waals surface area contributed by atoms with Gasteiger partial charge in [0, 0.05) is 43.3 Å². The molecule has 0 spiro atoms. The van der Waals surface area contributed by atoms with Gasteiger partial charge >= 0.3 is 0 Å². The molecule has 1 heterocycles. The molecule has 0 bridgehead atoms. The van der Waals surface area contributed by atoms with Crippen LogP contribution < -0.4 is 16.0 Å². The van der Waals surface area contributed by atoms with Gasteiger partial charge < -0.3 is 16.0 Å². The molecule has 1 aliphatic carbocycles. The molecule has 5 nitrogen and oxygen atoms in total. The molecular weight excluding hydrogens is 485 g/mol. The summed E-state index contributed by atoms with van der Waals surface area (Å²) >= 11 is 6.15. The Morgan fingerprint density at radius 3 is 2.61 bits per heavy atom. The van der Waals surface area contributed by atoms with Crippen LogP contribution >= 0.6 is 35.6 Å². The zero-order valence-corrected chi connectivity index (χ0v) is 19.3. The van der Waals surface area contributed by atoms with Crippen LogP contribution in [-0.4, -0.2) is 37.6 Å². The normalized spacial score (nSPS) is 14.7. The molecule has 0 atom stereocenters. The fourth-order valence-corrected chi connectivity index (χ4v) is 3.34. The van der Waals surface area contributed by atoms with Crippen molar-refractivity contribution >= 4 is 47.4 Å². The van der Waals surface area contributed by atoms with Crippen molar-refractivity contribution in [3.8, 4) is 0 Å². The van der Waals surface area contributed by atoms with Gasteiger partial charge in [0.25, 0.3) is 0 Å². The Morgan fingerprint density at radius 2 is 1.93 bits per heavy atom. The van der Waals surface area contributed by atoms with E-state index in [0.717, 1.165) is 49.3 Å². The number of anilines is 1. The summed E-state index contributed by atoms with van der Waals surface area (Å²) in [5.74, 6) is 1.79. The molecule has 0 unspecified atom stereocenters. The molecule has 1 fully saturated rings. The van der Waals surface area contributed by atoms with E-state index in [2.05, 4.69) is 38.1 Å². The van der Waals surface area contributed by atoms with E-state index in [1.165, 1.54) is 18.4 Å². The number of aliphatic imine (C=N–C) groups is 1. The number of pyridine rings is 1. The lowest BCUT2D eigenvalue weighted by atomic mass is 9.96. The second-order valence-electron chi connectivity index (χ2n) is 6.99. The first-order chi connectivity index (χ1) is 13.2. The maximum atomic E-state index is 6.15. The molecule has 28 heavy (non-hydrogen) atoms. The van der Waals surface area contributed by atoms with Crippen molar-refractivity contribution < 1.29 is 0 Å². The molecule has 2 aromatic rings. The molecule has 1 aromatic heterocycles. The van der Waals surface area contributed by atoms with Gasteiger partial charge in [0.05, 0.1) is 0 Å². The molecule has 0 radical (unpaired) electrons. The lowest BCUT2D eigenvalue weighted by molar-refractivity contribution is 0.639. The predicted octanol–water partition coefficient (Wildman–Crippen LogP) is 4.44. The van der Waals surface area contributed by atoms with Crippen LogP contribution in [0.5, 0.6) is 0 Å². The van der Waals surface area contributed by atoms with Crippen LogP contribution in [0.25, 0.3) is 0 Å². The Hall–Kier alpha value is -1.54. The van der Waals surface area contributed by atoms with Crippen LogP contribution in [0, 0.1) is 0 Å².